The number of carbonyl (C=O) groups excluding carboxylic acids is 2. The molecule has 7 nitrogen and oxygen atoms in total. The first-order chi connectivity index (χ1) is 16.4. The van der Waals surface area contributed by atoms with Gasteiger partial charge in [0.2, 0.25) is 0 Å². The highest BCUT2D eigenvalue weighted by molar-refractivity contribution is 8.19. The zero-order valence-corrected chi connectivity index (χ0v) is 19.5. The summed E-state index contributed by atoms with van der Waals surface area (Å²) in [6.45, 7) is 1.80. The van der Waals surface area contributed by atoms with E-state index >= 15 is 0 Å². The molecule has 0 bridgehead atoms. The van der Waals surface area contributed by atoms with Crippen molar-refractivity contribution in [1.29, 1.82) is 5.41 Å². The summed E-state index contributed by atoms with van der Waals surface area (Å²) in [5.41, 5.74) is 3.03. The Labute approximate surface area is 201 Å². The second-order valence-corrected chi connectivity index (χ2v) is 8.53. The summed E-state index contributed by atoms with van der Waals surface area (Å²) < 4.78 is 10.9. The van der Waals surface area contributed by atoms with Gasteiger partial charge in [-0.05, 0) is 67.2 Å². The zero-order valence-electron chi connectivity index (χ0n) is 18.7. The van der Waals surface area contributed by atoms with Crippen LogP contribution in [0.5, 0.6) is 11.5 Å². The van der Waals surface area contributed by atoms with Gasteiger partial charge in [-0.1, -0.05) is 35.9 Å². The lowest BCUT2D eigenvalue weighted by Crippen LogP contribution is -2.28. The number of benzene rings is 3. The van der Waals surface area contributed by atoms with Crippen LogP contribution in [0.2, 0.25) is 0 Å². The van der Waals surface area contributed by atoms with Crippen molar-refractivity contribution in [2.75, 3.05) is 23.9 Å². The Morgan fingerprint density at radius 1 is 1.06 bits per heavy atom. The van der Waals surface area contributed by atoms with Crippen LogP contribution in [0.4, 0.5) is 11.4 Å². The van der Waals surface area contributed by atoms with E-state index in [0.717, 1.165) is 17.3 Å². The lowest BCUT2D eigenvalue weighted by molar-refractivity contribution is -0.118. The molecular formula is C26H23N3O4S. The van der Waals surface area contributed by atoms with Crippen LogP contribution in [0.25, 0.3) is 6.08 Å². The van der Waals surface area contributed by atoms with Crippen LogP contribution in [0, 0.1) is 12.3 Å². The number of aryl methyl sites for hydroxylation is 1. The summed E-state index contributed by atoms with van der Waals surface area (Å²) in [5, 5.41) is 11.2. The van der Waals surface area contributed by atoms with Crippen LogP contribution in [-0.2, 0) is 9.59 Å². The number of nitrogens with zero attached hydrogens (tertiary/aromatic N) is 1. The van der Waals surface area contributed by atoms with Gasteiger partial charge in [-0.3, -0.25) is 19.9 Å². The minimum Gasteiger partial charge on any atom is -0.497 e. The van der Waals surface area contributed by atoms with E-state index in [1.54, 1.807) is 55.7 Å². The monoisotopic (exact) mass is 473 g/mol. The first-order valence-corrected chi connectivity index (χ1v) is 11.3. The number of anilines is 2. The van der Waals surface area contributed by atoms with Gasteiger partial charge in [0.05, 0.1) is 17.7 Å². The summed E-state index contributed by atoms with van der Waals surface area (Å²) in [6, 6.07) is 21.6. The molecule has 1 fully saturated rings. The summed E-state index contributed by atoms with van der Waals surface area (Å²) in [6.07, 6.45) is 1.68. The highest BCUT2D eigenvalue weighted by Gasteiger charge is 2.33. The fraction of sp³-hybridized carbons (Fsp3) is 0.115. The van der Waals surface area contributed by atoms with Crippen molar-refractivity contribution in [3.8, 4) is 11.5 Å². The van der Waals surface area contributed by atoms with Crippen LogP contribution < -0.4 is 19.7 Å². The first-order valence-electron chi connectivity index (χ1n) is 10.5. The Kier molecular flexibility index (Phi) is 6.98. The van der Waals surface area contributed by atoms with Gasteiger partial charge in [0, 0.05) is 11.3 Å². The van der Waals surface area contributed by atoms with Crippen LogP contribution in [0.3, 0.4) is 0 Å². The summed E-state index contributed by atoms with van der Waals surface area (Å²) >= 11 is 1.07. The van der Waals surface area contributed by atoms with Gasteiger partial charge in [-0.25, -0.2) is 0 Å². The Hall–Kier alpha value is -4.04. The number of carbonyl (C=O) groups is 2. The van der Waals surface area contributed by atoms with Gasteiger partial charge in [0.1, 0.15) is 11.5 Å². The molecule has 0 unspecified atom stereocenters. The van der Waals surface area contributed by atoms with Gasteiger partial charge in [0.25, 0.3) is 11.8 Å². The maximum atomic E-state index is 13.0. The van der Waals surface area contributed by atoms with E-state index in [9.17, 15) is 9.59 Å². The number of nitrogens with one attached hydrogen (secondary N) is 2. The largest absolute Gasteiger partial charge is 0.497 e. The smallest absolute Gasteiger partial charge is 0.271 e. The van der Waals surface area contributed by atoms with E-state index < -0.39 is 0 Å². The van der Waals surface area contributed by atoms with Gasteiger partial charge in [-0.2, -0.15) is 0 Å². The molecule has 4 rings (SSSR count). The maximum absolute atomic E-state index is 13.0. The quantitative estimate of drug-likeness (QED) is 0.467. The molecule has 1 aliphatic rings. The van der Waals surface area contributed by atoms with Gasteiger partial charge in [-0.15, -0.1) is 0 Å². The van der Waals surface area contributed by atoms with Crippen molar-refractivity contribution in [3.05, 3.63) is 88.8 Å². The molecule has 8 heteroatoms. The standard InChI is InChI=1S/C26H23N3O4S/c1-17-7-9-19(10-8-17)28-24(30)16-33-22-6-4-3-5-18(22)15-23-25(31)29(26(27)34-23)20-11-13-21(32-2)14-12-20/h3-15,27H,16H2,1-2H3,(H,28,30)/b23-15-,27-26?. The van der Waals surface area contributed by atoms with E-state index in [1.165, 1.54) is 4.90 Å². The van der Waals surface area contributed by atoms with Gasteiger partial charge in [0.15, 0.2) is 11.8 Å². The molecule has 0 radical (unpaired) electrons. The number of amides is 2. The summed E-state index contributed by atoms with van der Waals surface area (Å²) in [7, 11) is 1.57. The second kappa shape index (κ2) is 10.3. The normalized spacial score (nSPS) is 14.4. The Bertz CT molecular complexity index is 1250. The molecule has 1 aliphatic heterocycles. The van der Waals surface area contributed by atoms with Crippen LogP contribution >= 0.6 is 11.8 Å². The fourth-order valence-electron chi connectivity index (χ4n) is 3.30. The molecule has 2 N–H and O–H groups in total. The van der Waals surface area contributed by atoms with E-state index in [-0.39, 0.29) is 23.6 Å². The third-order valence-electron chi connectivity index (χ3n) is 5.05. The predicted octanol–water partition coefficient (Wildman–Crippen LogP) is 5.08. The summed E-state index contributed by atoms with van der Waals surface area (Å²) in [4.78, 5) is 27.1. The highest BCUT2D eigenvalue weighted by Crippen LogP contribution is 2.36. The third kappa shape index (κ3) is 5.29. The summed E-state index contributed by atoms with van der Waals surface area (Å²) in [5.74, 6) is 0.553. The molecular weight excluding hydrogens is 450 g/mol. The van der Waals surface area contributed by atoms with Crippen molar-refractivity contribution in [2.45, 2.75) is 6.92 Å². The molecule has 34 heavy (non-hydrogen) atoms. The maximum Gasteiger partial charge on any atom is 0.271 e. The molecule has 1 saturated heterocycles. The van der Waals surface area contributed by atoms with Crippen molar-refractivity contribution >= 4 is 46.2 Å². The SMILES string of the molecule is COc1ccc(N2C(=N)S/C(=C\c3ccccc3OCC(=O)Nc3ccc(C)cc3)C2=O)cc1. The van der Waals surface area contributed by atoms with Crippen LogP contribution in [0.1, 0.15) is 11.1 Å². The van der Waals surface area contributed by atoms with E-state index in [1.807, 2.05) is 37.3 Å². The van der Waals surface area contributed by atoms with E-state index in [4.69, 9.17) is 14.9 Å². The number of hydrogen-bond acceptors (Lipinski definition) is 6. The minimum absolute atomic E-state index is 0.109. The Balaban J connectivity index is 1.47. The minimum atomic E-state index is -0.299. The number of amidine groups is 1. The van der Waals surface area contributed by atoms with E-state index in [0.29, 0.717) is 33.3 Å². The van der Waals surface area contributed by atoms with Gasteiger partial charge >= 0.3 is 0 Å². The molecule has 0 spiro atoms. The number of hydrogen-bond donors (Lipinski definition) is 2. The van der Waals surface area contributed by atoms with Crippen LogP contribution in [0.15, 0.2) is 77.7 Å². The zero-order chi connectivity index (χ0) is 24.1. The number of ether oxygens (including phenoxy) is 2. The predicted molar refractivity (Wildman–Crippen MR) is 136 cm³/mol. The average molecular weight is 474 g/mol. The molecule has 2 amide bonds. The second-order valence-electron chi connectivity index (χ2n) is 7.50. The molecule has 0 saturated carbocycles. The topological polar surface area (TPSA) is 91.7 Å². The molecule has 172 valence electrons. The number of thioether (sulfide) groups is 1. The Morgan fingerprint density at radius 2 is 1.76 bits per heavy atom. The van der Waals surface area contributed by atoms with Crippen molar-refractivity contribution in [2.24, 2.45) is 0 Å². The molecule has 1 heterocycles. The molecule has 0 aliphatic carbocycles. The first kappa shape index (κ1) is 23.1. The van der Waals surface area contributed by atoms with Crippen molar-refractivity contribution < 1.29 is 19.1 Å². The lowest BCUT2D eigenvalue weighted by Gasteiger charge is -2.14. The molecule has 0 aromatic heterocycles. The van der Waals surface area contributed by atoms with E-state index in [2.05, 4.69) is 5.32 Å². The number of para-hydroxylation sites is 1. The number of rotatable bonds is 7. The van der Waals surface area contributed by atoms with Crippen molar-refractivity contribution in [3.63, 3.8) is 0 Å². The van der Waals surface area contributed by atoms with Crippen LogP contribution in [-0.4, -0.2) is 30.7 Å². The average Bonchev–Trinajstić information content (AvgIpc) is 3.12. The Morgan fingerprint density at radius 3 is 2.47 bits per heavy atom. The molecule has 0 atom stereocenters. The molecule has 3 aromatic rings. The number of methoxy groups -OCH3 is 1. The third-order valence-corrected chi connectivity index (χ3v) is 5.94. The highest BCUT2D eigenvalue weighted by atomic mass is 32.2. The van der Waals surface area contributed by atoms with Gasteiger partial charge < -0.3 is 14.8 Å². The molecule has 3 aromatic carbocycles. The fourth-order valence-corrected chi connectivity index (χ4v) is 4.15. The lowest BCUT2D eigenvalue weighted by atomic mass is 10.2. The van der Waals surface area contributed by atoms with Crippen molar-refractivity contribution in [1.82, 2.24) is 0 Å².